The number of fused-ring (bicyclic) bond motifs is 2. The first-order valence-electron chi connectivity index (χ1n) is 8.51. The fraction of sp³-hybridized carbons (Fsp3) is 0.500. The maximum Gasteiger partial charge on any atom is 0.407 e. The summed E-state index contributed by atoms with van der Waals surface area (Å²) in [5.74, 6) is 0. The predicted molar refractivity (Wildman–Crippen MR) is 88.7 cm³/mol. The maximum absolute atomic E-state index is 11.9. The van der Waals surface area contributed by atoms with Crippen LogP contribution in [0, 0.1) is 0 Å². The van der Waals surface area contributed by atoms with Crippen molar-refractivity contribution in [2.75, 3.05) is 6.61 Å². The maximum atomic E-state index is 11.9. The molecule has 1 aliphatic carbocycles. The lowest BCUT2D eigenvalue weighted by atomic mass is 9.86. The van der Waals surface area contributed by atoms with Crippen LogP contribution in [0.2, 0.25) is 0 Å². The van der Waals surface area contributed by atoms with Crippen molar-refractivity contribution in [3.63, 3.8) is 0 Å². The van der Waals surface area contributed by atoms with E-state index in [4.69, 9.17) is 9.47 Å². The number of benzene rings is 1. The van der Waals surface area contributed by atoms with Gasteiger partial charge in [0, 0.05) is 6.04 Å². The van der Waals surface area contributed by atoms with Gasteiger partial charge in [0.15, 0.2) is 0 Å². The number of aromatic amines is 1. The van der Waals surface area contributed by atoms with Gasteiger partial charge < -0.3 is 14.8 Å². The highest BCUT2D eigenvalue weighted by atomic mass is 16.6. The van der Waals surface area contributed by atoms with Gasteiger partial charge in [-0.05, 0) is 32.3 Å². The summed E-state index contributed by atoms with van der Waals surface area (Å²) in [5.41, 5.74) is 3.21. The van der Waals surface area contributed by atoms with Crippen LogP contribution >= 0.6 is 0 Å². The van der Waals surface area contributed by atoms with Gasteiger partial charge in [0.2, 0.25) is 0 Å². The molecule has 6 heteroatoms. The van der Waals surface area contributed by atoms with Crippen LogP contribution in [0.1, 0.15) is 49.7 Å². The Morgan fingerprint density at radius 1 is 1.46 bits per heavy atom. The first kappa shape index (κ1) is 15.3. The summed E-state index contributed by atoms with van der Waals surface area (Å²) in [4.78, 5) is 11.9. The number of aromatic nitrogens is 2. The fourth-order valence-corrected chi connectivity index (χ4v) is 3.46. The molecule has 1 aromatic heterocycles. The molecule has 6 nitrogen and oxygen atoms in total. The molecule has 0 saturated carbocycles. The molecule has 0 radical (unpaired) electrons. The average molecular weight is 329 g/mol. The van der Waals surface area contributed by atoms with Crippen molar-refractivity contribution in [3.05, 3.63) is 47.3 Å². The van der Waals surface area contributed by atoms with E-state index in [1.54, 1.807) is 0 Å². The molecule has 2 N–H and O–H groups in total. The van der Waals surface area contributed by atoms with Gasteiger partial charge in [0.25, 0.3) is 0 Å². The van der Waals surface area contributed by atoms with Crippen molar-refractivity contribution in [3.8, 4) is 0 Å². The minimum Gasteiger partial charge on any atom is -0.440 e. The summed E-state index contributed by atoms with van der Waals surface area (Å²) >= 11 is 0. The number of carbonyl (C=O) groups excluding carboxylic acids is 1. The molecule has 1 aromatic carbocycles. The number of amides is 1. The topological polar surface area (TPSA) is 71.6 Å². The van der Waals surface area contributed by atoms with Crippen molar-refractivity contribution >= 4 is 6.09 Å². The lowest BCUT2D eigenvalue weighted by Gasteiger charge is -2.36. The molecule has 24 heavy (non-hydrogen) atoms. The van der Waals surface area contributed by atoms with Gasteiger partial charge in [-0.25, -0.2) is 4.79 Å². The third-order valence-corrected chi connectivity index (χ3v) is 4.68. The molecular weight excluding hydrogens is 306 g/mol. The van der Waals surface area contributed by atoms with Crippen LogP contribution in [0.5, 0.6) is 0 Å². The quantitative estimate of drug-likeness (QED) is 0.847. The molecule has 2 unspecified atom stereocenters. The van der Waals surface area contributed by atoms with Crippen molar-refractivity contribution in [1.29, 1.82) is 0 Å². The Hall–Kier alpha value is -2.21. The standard InChI is InChI=1S/C18H23N3O3/c1-12(2)19-17(22)24-14-8-9-18(11-23-18)16-15(14)20-21(16)10-13-6-4-3-5-7-13/h3-7,12,14,20H,8-11H2,1-2H3,(H,19,22). The van der Waals surface area contributed by atoms with E-state index in [-0.39, 0.29) is 23.8 Å². The fourth-order valence-electron chi connectivity index (χ4n) is 3.46. The second kappa shape index (κ2) is 5.70. The van der Waals surface area contributed by atoms with Crippen LogP contribution in [-0.2, 0) is 21.6 Å². The molecular formula is C18H23N3O3. The Kier molecular flexibility index (Phi) is 3.64. The summed E-state index contributed by atoms with van der Waals surface area (Å²) < 4.78 is 13.5. The highest BCUT2D eigenvalue weighted by Gasteiger charge is 2.55. The zero-order chi connectivity index (χ0) is 16.7. The minimum absolute atomic E-state index is 0.0663. The molecule has 1 spiro atoms. The van der Waals surface area contributed by atoms with Crippen LogP contribution in [0.25, 0.3) is 0 Å². The zero-order valence-corrected chi connectivity index (χ0v) is 14.0. The summed E-state index contributed by atoms with van der Waals surface area (Å²) in [7, 11) is 0. The lowest BCUT2D eigenvalue weighted by Crippen LogP contribution is -2.38. The predicted octanol–water partition coefficient (Wildman–Crippen LogP) is 3.06. The molecule has 4 rings (SSSR count). The molecule has 2 aromatic rings. The number of rotatable bonds is 4. The number of nitrogens with one attached hydrogen (secondary N) is 2. The minimum atomic E-state index is -0.363. The van der Waals surface area contributed by atoms with E-state index < -0.39 is 0 Å². The third-order valence-electron chi connectivity index (χ3n) is 4.68. The second-order valence-corrected chi connectivity index (χ2v) is 6.96. The number of epoxide rings is 1. The smallest absolute Gasteiger partial charge is 0.407 e. The van der Waals surface area contributed by atoms with Gasteiger partial charge in [-0.2, -0.15) is 0 Å². The van der Waals surface area contributed by atoms with Gasteiger partial charge in [-0.15, -0.1) is 0 Å². The number of H-pyrrole nitrogens is 1. The number of hydrogen-bond acceptors (Lipinski definition) is 3. The summed E-state index contributed by atoms with van der Waals surface area (Å²) in [5, 5.41) is 6.14. The summed E-state index contributed by atoms with van der Waals surface area (Å²) in [6, 6.07) is 10.4. The molecule has 2 heterocycles. The normalized spacial score (nSPS) is 24.9. The van der Waals surface area contributed by atoms with Crippen LogP contribution in [0.4, 0.5) is 4.79 Å². The first-order chi connectivity index (χ1) is 11.6. The molecule has 128 valence electrons. The average Bonchev–Trinajstić information content (AvgIpc) is 3.27. The Morgan fingerprint density at radius 2 is 2.21 bits per heavy atom. The van der Waals surface area contributed by atoms with Crippen LogP contribution in [0.3, 0.4) is 0 Å². The molecule has 2 aliphatic rings. The van der Waals surface area contributed by atoms with E-state index in [2.05, 4.69) is 27.2 Å². The van der Waals surface area contributed by atoms with Gasteiger partial charge >= 0.3 is 6.09 Å². The van der Waals surface area contributed by atoms with Crippen molar-refractivity contribution in [2.24, 2.45) is 0 Å². The SMILES string of the molecule is CC(C)NC(=O)OC1CCC2(CO2)c2c1[nH]n2Cc1ccccc1. The Labute approximate surface area is 141 Å². The van der Waals surface area contributed by atoms with Crippen LogP contribution in [-0.4, -0.2) is 28.5 Å². The molecule has 2 atom stereocenters. The van der Waals surface area contributed by atoms with Crippen LogP contribution < -0.4 is 5.32 Å². The van der Waals surface area contributed by atoms with Crippen molar-refractivity contribution < 1.29 is 14.3 Å². The van der Waals surface area contributed by atoms with Gasteiger partial charge in [-0.1, -0.05) is 30.3 Å². The van der Waals surface area contributed by atoms with E-state index in [9.17, 15) is 4.79 Å². The molecule has 1 aliphatic heterocycles. The monoisotopic (exact) mass is 329 g/mol. The van der Waals surface area contributed by atoms with E-state index >= 15 is 0 Å². The van der Waals surface area contributed by atoms with Gasteiger partial charge in [0.1, 0.15) is 11.7 Å². The van der Waals surface area contributed by atoms with Gasteiger partial charge in [0.05, 0.1) is 24.5 Å². The third kappa shape index (κ3) is 2.71. The largest absolute Gasteiger partial charge is 0.440 e. The number of ether oxygens (including phenoxy) is 2. The zero-order valence-electron chi connectivity index (χ0n) is 14.0. The molecule has 1 amide bonds. The number of nitrogens with zero attached hydrogens (tertiary/aromatic N) is 1. The van der Waals surface area contributed by atoms with E-state index in [1.165, 1.54) is 5.56 Å². The van der Waals surface area contributed by atoms with E-state index in [0.29, 0.717) is 0 Å². The summed E-state index contributed by atoms with van der Waals surface area (Å²) in [6.45, 7) is 5.37. The highest BCUT2D eigenvalue weighted by Crippen LogP contribution is 2.52. The van der Waals surface area contributed by atoms with Gasteiger partial charge in [-0.3, -0.25) is 9.78 Å². The molecule has 1 saturated heterocycles. The number of hydrogen-bond donors (Lipinski definition) is 2. The highest BCUT2D eigenvalue weighted by molar-refractivity contribution is 5.68. The van der Waals surface area contributed by atoms with Crippen molar-refractivity contribution in [1.82, 2.24) is 15.1 Å². The first-order valence-corrected chi connectivity index (χ1v) is 8.51. The Morgan fingerprint density at radius 3 is 2.88 bits per heavy atom. The van der Waals surface area contributed by atoms with E-state index in [1.807, 2.05) is 32.0 Å². The Balaban J connectivity index is 1.53. The van der Waals surface area contributed by atoms with E-state index in [0.717, 1.165) is 37.4 Å². The number of alkyl carbamates (subject to hydrolysis) is 1. The molecule has 1 fully saturated rings. The number of carbonyl (C=O) groups is 1. The lowest BCUT2D eigenvalue weighted by molar-refractivity contribution is 0.0618. The Bertz CT molecular complexity index is 728. The van der Waals surface area contributed by atoms with Crippen LogP contribution in [0.15, 0.2) is 30.3 Å². The molecule has 0 bridgehead atoms. The van der Waals surface area contributed by atoms with Crippen molar-refractivity contribution in [2.45, 2.75) is 51.0 Å². The summed E-state index contributed by atoms with van der Waals surface area (Å²) in [6.07, 6.45) is 1.09. The second-order valence-electron chi connectivity index (χ2n) is 6.96.